The fourth-order valence-corrected chi connectivity index (χ4v) is 4.03. The Bertz CT molecular complexity index is 788. The molecule has 1 saturated heterocycles. The van der Waals surface area contributed by atoms with E-state index in [9.17, 15) is 0 Å². The van der Waals surface area contributed by atoms with E-state index >= 15 is 0 Å². The van der Waals surface area contributed by atoms with Gasteiger partial charge in [0.25, 0.3) is 0 Å². The van der Waals surface area contributed by atoms with Crippen molar-refractivity contribution in [3.63, 3.8) is 0 Å². The third-order valence-electron chi connectivity index (χ3n) is 4.66. The normalized spacial score (nSPS) is 14.6. The van der Waals surface area contributed by atoms with E-state index in [2.05, 4.69) is 63.1 Å². The van der Waals surface area contributed by atoms with Crippen molar-refractivity contribution in [3.8, 4) is 0 Å². The van der Waals surface area contributed by atoms with Crippen LogP contribution in [0.4, 0.5) is 11.4 Å². The number of hydrogen-bond acceptors (Lipinski definition) is 2. The number of aryl methyl sites for hydroxylation is 1. The number of piperazine rings is 1. The Morgan fingerprint density at radius 3 is 2.52 bits per heavy atom. The molecule has 132 valence electrons. The van der Waals surface area contributed by atoms with Crippen LogP contribution in [0.3, 0.4) is 0 Å². The standard InChI is InChI=1S/C19H21BrClN3S/c1-13-4-3-5-18(14(13)2)23-8-10-24(11-9-23)19(25)22-17-7-6-15(20)12-16(17)21/h3-7,12H,8-11H2,1-2H3,(H,22,25). The molecule has 0 unspecified atom stereocenters. The van der Waals surface area contributed by atoms with Gasteiger partial charge in [0.2, 0.25) is 0 Å². The Hall–Kier alpha value is -1.30. The van der Waals surface area contributed by atoms with Gasteiger partial charge in [0.15, 0.2) is 5.11 Å². The molecule has 0 radical (unpaired) electrons. The minimum Gasteiger partial charge on any atom is -0.368 e. The molecule has 6 heteroatoms. The van der Waals surface area contributed by atoms with Crippen LogP contribution < -0.4 is 10.2 Å². The zero-order chi connectivity index (χ0) is 18.0. The van der Waals surface area contributed by atoms with Crippen LogP contribution >= 0.6 is 39.7 Å². The van der Waals surface area contributed by atoms with Crippen LogP contribution in [0.15, 0.2) is 40.9 Å². The second-order valence-corrected chi connectivity index (χ2v) is 7.96. The van der Waals surface area contributed by atoms with Crippen LogP contribution in [0.5, 0.6) is 0 Å². The molecule has 3 rings (SSSR count). The van der Waals surface area contributed by atoms with E-state index in [4.69, 9.17) is 23.8 Å². The first-order chi connectivity index (χ1) is 12.0. The molecular formula is C19H21BrClN3S. The number of nitrogens with one attached hydrogen (secondary N) is 1. The molecule has 2 aromatic carbocycles. The van der Waals surface area contributed by atoms with Crippen molar-refractivity contribution < 1.29 is 0 Å². The molecule has 0 saturated carbocycles. The third-order valence-corrected chi connectivity index (χ3v) is 5.82. The predicted octanol–water partition coefficient (Wildman–Crippen LogP) is 5.24. The summed E-state index contributed by atoms with van der Waals surface area (Å²) in [6, 6.07) is 12.3. The lowest BCUT2D eigenvalue weighted by molar-refractivity contribution is 0.390. The van der Waals surface area contributed by atoms with E-state index < -0.39 is 0 Å². The van der Waals surface area contributed by atoms with E-state index in [-0.39, 0.29) is 0 Å². The summed E-state index contributed by atoms with van der Waals surface area (Å²) in [5.41, 5.74) is 4.86. The maximum Gasteiger partial charge on any atom is 0.173 e. The molecule has 0 bridgehead atoms. The molecule has 1 fully saturated rings. The summed E-state index contributed by atoms with van der Waals surface area (Å²) in [4.78, 5) is 4.64. The van der Waals surface area contributed by atoms with Gasteiger partial charge in [-0.2, -0.15) is 0 Å². The van der Waals surface area contributed by atoms with Gasteiger partial charge in [0.1, 0.15) is 0 Å². The molecule has 0 aromatic heterocycles. The van der Waals surface area contributed by atoms with Gasteiger partial charge < -0.3 is 15.1 Å². The highest BCUT2D eigenvalue weighted by atomic mass is 79.9. The lowest BCUT2D eigenvalue weighted by Crippen LogP contribution is -2.50. The van der Waals surface area contributed by atoms with Gasteiger partial charge in [0, 0.05) is 36.3 Å². The first kappa shape index (κ1) is 18.5. The monoisotopic (exact) mass is 437 g/mol. The summed E-state index contributed by atoms with van der Waals surface area (Å²) in [7, 11) is 0. The van der Waals surface area contributed by atoms with E-state index in [1.54, 1.807) is 0 Å². The van der Waals surface area contributed by atoms with E-state index in [1.807, 2.05) is 18.2 Å². The molecule has 1 aliphatic heterocycles. The molecule has 1 heterocycles. The minimum atomic E-state index is 0.658. The van der Waals surface area contributed by atoms with Gasteiger partial charge in [-0.15, -0.1) is 0 Å². The first-order valence-electron chi connectivity index (χ1n) is 8.28. The second-order valence-electron chi connectivity index (χ2n) is 6.25. The minimum absolute atomic E-state index is 0.658. The van der Waals surface area contributed by atoms with Crippen LogP contribution in [0.2, 0.25) is 5.02 Å². The highest BCUT2D eigenvalue weighted by Crippen LogP contribution is 2.27. The second kappa shape index (κ2) is 7.94. The fourth-order valence-electron chi connectivity index (χ4n) is 3.01. The van der Waals surface area contributed by atoms with Gasteiger partial charge in [-0.1, -0.05) is 39.7 Å². The fraction of sp³-hybridized carbons (Fsp3) is 0.316. The molecule has 25 heavy (non-hydrogen) atoms. The van der Waals surface area contributed by atoms with Crippen molar-refractivity contribution in [1.82, 2.24) is 4.90 Å². The van der Waals surface area contributed by atoms with Crippen molar-refractivity contribution in [2.45, 2.75) is 13.8 Å². The Labute approximate surface area is 168 Å². The molecule has 0 aliphatic carbocycles. The van der Waals surface area contributed by atoms with Gasteiger partial charge >= 0.3 is 0 Å². The van der Waals surface area contributed by atoms with Crippen LogP contribution in [0.1, 0.15) is 11.1 Å². The van der Waals surface area contributed by atoms with Crippen LogP contribution in [-0.2, 0) is 0 Å². The number of nitrogens with zero attached hydrogens (tertiary/aromatic N) is 2. The Morgan fingerprint density at radius 1 is 1.12 bits per heavy atom. The first-order valence-corrected chi connectivity index (χ1v) is 9.86. The number of halogens is 2. The average Bonchev–Trinajstić information content (AvgIpc) is 2.60. The van der Waals surface area contributed by atoms with Gasteiger partial charge in [-0.25, -0.2) is 0 Å². The SMILES string of the molecule is Cc1cccc(N2CCN(C(=S)Nc3ccc(Br)cc3Cl)CC2)c1C. The van der Waals surface area contributed by atoms with Gasteiger partial charge in [-0.3, -0.25) is 0 Å². The third kappa shape index (κ3) is 4.27. The molecule has 3 nitrogen and oxygen atoms in total. The maximum absolute atomic E-state index is 6.27. The lowest BCUT2D eigenvalue weighted by atomic mass is 10.1. The molecule has 1 aliphatic rings. The van der Waals surface area contributed by atoms with E-state index in [0.29, 0.717) is 5.02 Å². The summed E-state index contributed by atoms with van der Waals surface area (Å²) >= 11 is 15.3. The van der Waals surface area contributed by atoms with E-state index in [0.717, 1.165) is 41.5 Å². The molecule has 0 amide bonds. The zero-order valence-electron chi connectivity index (χ0n) is 14.4. The summed E-state index contributed by atoms with van der Waals surface area (Å²) in [6.07, 6.45) is 0. The van der Waals surface area contributed by atoms with Crippen molar-refractivity contribution in [3.05, 3.63) is 57.0 Å². The summed E-state index contributed by atoms with van der Waals surface area (Å²) < 4.78 is 0.955. The van der Waals surface area contributed by atoms with Crippen molar-refractivity contribution >= 4 is 56.2 Å². The van der Waals surface area contributed by atoms with E-state index in [1.165, 1.54) is 16.8 Å². The summed E-state index contributed by atoms with van der Waals surface area (Å²) in [5, 5.41) is 4.65. The predicted molar refractivity (Wildman–Crippen MR) is 115 cm³/mol. The molecule has 0 atom stereocenters. The number of hydrogen-bond donors (Lipinski definition) is 1. The van der Waals surface area contributed by atoms with Crippen LogP contribution in [-0.4, -0.2) is 36.2 Å². The highest BCUT2D eigenvalue weighted by Gasteiger charge is 2.20. The smallest absolute Gasteiger partial charge is 0.173 e. The Morgan fingerprint density at radius 2 is 1.84 bits per heavy atom. The molecule has 2 aromatic rings. The highest BCUT2D eigenvalue weighted by molar-refractivity contribution is 9.10. The Balaban J connectivity index is 1.62. The number of benzene rings is 2. The average molecular weight is 439 g/mol. The largest absolute Gasteiger partial charge is 0.368 e. The molecular weight excluding hydrogens is 418 g/mol. The van der Waals surface area contributed by atoms with Gasteiger partial charge in [0.05, 0.1) is 10.7 Å². The summed E-state index contributed by atoms with van der Waals surface area (Å²) in [5.74, 6) is 0. The van der Waals surface area contributed by atoms with Crippen LogP contribution in [0.25, 0.3) is 0 Å². The lowest BCUT2D eigenvalue weighted by Gasteiger charge is -2.38. The Kier molecular flexibility index (Phi) is 5.87. The van der Waals surface area contributed by atoms with Crippen molar-refractivity contribution in [2.24, 2.45) is 0 Å². The van der Waals surface area contributed by atoms with Crippen molar-refractivity contribution in [1.29, 1.82) is 0 Å². The van der Waals surface area contributed by atoms with Crippen molar-refractivity contribution in [2.75, 3.05) is 36.4 Å². The quantitative estimate of drug-likeness (QED) is 0.646. The number of thiocarbonyl (C=S) groups is 1. The maximum atomic E-state index is 6.27. The number of rotatable bonds is 2. The molecule has 1 N–H and O–H groups in total. The molecule has 0 spiro atoms. The summed E-state index contributed by atoms with van der Waals surface area (Å²) in [6.45, 7) is 8.07. The zero-order valence-corrected chi connectivity index (χ0v) is 17.5. The number of anilines is 2. The van der Waals surface area contributed by atoms with Crippen LogP contribution in [0, 0.1) is 13.8 Å². The van der Waals surface area contributed by atoms with Gasteiger partial charge in [-0.05, 0) is 61.5 Å². The topological polar surface area (TPSA) is 18.5 Å².